The molecule has 1 aromatic carbocycles. The first kappa shape index (κ1) is 14.6. The highest BCUT2D eigenvalue weighted by atomic mass is 16.5. The largest absolute Gasteiger partial charge is 0.373 e. The quantitative estimate of drug-likeness (QED) is 0.631. The highest BCUT2D eigenvalue weighted by Crippen LogP contribution is 2.32. The highest BCUT2D eigenvalue weighted by Gasteiger charge is 2.22. The van der Waals surface area contributed by atoms with Crippen molar-refractivity contribution in [3.8, 4) is 0 Å². The van der Waals surface area contributed by atoms with Gasteiger partial charge in [-0.1, -0.05) is 57.4 Å². The SMILES string of the molecule is CCCCCC1CCC(c2ccc(CC)cc2)OC1. The molecule has 0 bridgehead atoms. The lowest BCUT2D eigenvalue weighted by Gasteiger charge is -2.29. The number of ether oxygens (including phenoxy) is 1. The molecule has 1 aliphatic heterocycles. The van der Waals surface area contributed by atoms with Crippen molar-refractivity contribution in [1.82, 2.24) is 0 Å². The summed E-state index contributed by atoms with van der Waals surface area (Å²) in [6.45, 7) is 5.43. The zero-order chi connectivity index (χ0) is 13.5. The Labute approximate surface area is 118 Å². The van der Waals surface area contributed by atoms with Crippen molar-refractivity contribution >= 4 is 0 Å². The van der Waals surface area contributed by atoms with Crippen LogP contribution in [0.4, 0.5) is 0 Å². The van der Waals surface area contributed by atoms with Gasteiger partial charge in [0.1, 0.15) is 0 Å². The molecule has 1 saturated heterocycles. The third kappa shape index (κ3) is 4.35. The molecule has 19 heavy (non-hydrogen) atoms. The Kier molecular flexibility index (Phi) is 5.91. The monoisotopic (exact) mass is 260 g/mol. The van der Waals surface area contributed by atoms with E-state index in [1.165, 1.54) is 49.7 Å². The molecule has 0 aliphatic carbocycles. The van der Waals surface area contributed by atoms with E-state index in [9.17, 15) is 0 Å². The lowest BCUT2D eigenvalue weighted by molar-refractivity contribution is -0.0198. The molecule has 0 saturated carbocycles. The maximum atomic E-state index is 6.08. The average Bonchev–Trinajstić information content (AvgIpc) is 2.48. The van der Waals surface area contributed by atoms with E-state index in [1.807, 2.05) is 0 Å². The summed E-state index contributed by atoms with van der Waals surface area (Å²) in [5.74, 6) is 0.803. The summed E-state index contributed by atoms with van der Waals surface area (Å²) in [6.07, 6.45) is 9.42. The van der Waals surface area contributed by atoms with Crippen LogP contribution in [0.2, 0.25) is 0 Å². The molecular formula is C18H28O. The van der Waals surface area contributed by atoms with Crippen LogP contribution in [0.15, 0.2) is 24.3 Å². The minimum absolute atomic E-state index is 0.341. The lowest BCUT2D eigenvalue weighted by Crippen LogP contribution is -2.20. The summed E-state index contributed by atoms with van der Waals surface area (Å²) in [4.78, 5) is 0. The molecule has 2 atom stereocenters. The van der Waals surface area contributed by atoms with Crippen LogP contribution in [0.5, 0.6) is 0 Å². The predicted octanol–water partition coefficient (Wildman–Crippen LogP) is 5.30. The van der Waals surface area contributed by atoms with Gasteiger partial charge in [0.25, 0.3) is 0 Å². The number of aryl methyl sites for hydroxylation is 1. The van der Waals surface area contributed by atoms with E-state index in [0.717, 1.165) is 18.9 Å². The number of hydrogen-bond acceptors (Lipinski definition) is 1. The van der Waals surface area contributed by atoms with Crippen LogP contribution >= 0.6 is 0 Å². The molecule has 0 radical (unpaired) electrons. The van der Waals surface area contributed by atoms with Gasteiger partial charge in [0, 0.05) is 0 Å². The molecule has 1 aliphatic rings. The Hall–Kier alpha value is -0.820. The molecule has 0 N–H and O–H groups in total. The molecule has 2 rings (SSSR count). The molecule has 1 heteroatoms. The summed E-state index contributed by atoms with van der Waals surface area (Å²) in [7, 11) is 0. The van der Waals surface area contributed by atoms with Gasteiger partial charge in [-0.05, 0) is 42.7 Å². The van der Waals surface area contributed by atoms with Crippen LogP contribution in [0.3, 0.4) is 0 Å². The molecule has 1 fully saturated rings. The Morgan fingerprint density at radius 3 is 2.42 bits per heavy atom. The van der Waals surface area contributed by atoms with Gasteiger partial charge in [0.05, 0.1) is 12.7 Å². The van der Waals surface area contributed by atoms with Crippen molar-refractivity contribution in [3.63, 3.8) is 0 Å². The second kappa shape index (κ2) is 7.69. The fraction of sp³-hybridized carbons (Fsp3) is 0.667. The Morgan fingerprint density at radius 1 is 1.05 bits per heavy atom. The van der Waals surface area contributed by atoms with Crippen LogP contribution in [-0.2, 0) is 11.2 Å². The summed E-state index contributed by atoms with van der Waals surface area (Å²) in [6, 6.07) is 8.99. The molecule has 0 spiro atoms. The third-order valence-corrected chi connectivity index (χ3v) is 4.35. The van der Waals surface area contributed by atoms with Gasteiger partial charge < -0.3 is 4.74 Å². The van der Waals surface area contributed by atoms with Gasteiger partial charge in [0.15, 0.2) is 0 Å². The minimum Gasteiger partial charge on any atom is -0.373 e. The van der Waals surface area contributed by atoms with E-state index in [2.05, 4.69) is 38.1 Å². The molecule has 1 heterocycles. The summed E-state index contributed by atoms with van der Waals surface area (Å²) < 4.78 is 6.08. The Morgan fingerprint density at radius 2 is 1.84 bits per heavy atom. The maximum Gasteiger partial charge on any atom is 0.0825 e. The first-order valence-corrected chi connectivity index (χ1v) is 8.04. The van der Waals surface area contributed by atoms with Gasteiger partial charge >= 0.3 is 0 Å². The minimum atomic E-state index is 0.341. The van der Waals surface area contributed by atoms with Crippen molar-refractivity contribution in [3.05, 3.63) is 35.4 Å². The van der Waals surface area contributed by atoms with Crippen molar-refractivity contribution in [1.29, 1.82) is 0 Å². The van der Waals surface area contributed by atoms with E-state index in [1.54, 1.807) is 0 Å². The first-order chi connectivity index (χ1) is 9.33. The molecule has 106 valence electrons. The molecule has 2 unspecified atom stereocenters. The fourth-order valence-corrected chi connectivity index (χ4v) is 2.95. The predicted molar refractivity (Wildman–Crippen MR) is 81.4 cm³/mol. The zero-order valence-corrected chi connectivity index (χ0v) is 12.5. The van der Waals surface area contributed by atoms with E-state index in [0.29, 0.717) is 6.10 Å². The van der Waals surface area contributed by atoms with Gasteiger partial charge in [-0.2, -0.15) is 0 Å². The third-order valence-electron chi connectivity index (χ3n) is 4.35. The van der Waals surface area contributed by atoms with Crippen LogP contribution < -0.4 is 0 Å². The van der Waals surface area contributed by atoms with E-state index >= 15 is 0 Å². The Bertz CT molecular complexity index is 346. The normalized spacial score (nSPS) is 23.5. The molecule has 1 nitrogen and oxygen atoms in total. The lowest BCUT2D eigenvalue weighted by atomic mass is 9.91. The highest BCUT2D eigenvalue weighted by molar-refractivity contribution is 5.24. The van der Waals surface area contributed by atoms with Gasteiger partial charge in [-0.25, -0.2) is 0 Å². The van der Waals surface area contributed by atoms with Crippen LogP contribution in [0.1, 0.15) is 69.6 Å². The number of unbranched alkanes of at least 4 members (excludes halogenated alkanes) is 2. The maximum absolute atomic E-state index is 6.08. The Balaban J connectivity index is 1.78. The smallest absolute Gasteiger partial charge is 0.0825 e. The second-order valence-corrected chi connectivity index (χ2v) is 5.86. The van der Waals surface area contributed by atoms with E-state index in [4.69, 9.17) is 4.74 Å². The fourth-order valence-electron chi connectivity index (χ4n) is 2.95. The summed E-state index contributed by atoms with van der Waals surface area (Å²) in [5, 5.41) is 0. The summed E-state index contributed by atoms with van der Waals surface area (Å²) in [5.41, 5.74) is 2.78. The van der Waals surface area contributed by atoms with E-state index in [-0.39, 0.29) is 0 Å². The second-order valence-electron chi connectivity index (χ2n) is 5.86. The van der Waals surface area contributed by atoms with Crippen LogP contribution in [-0.4, -0.2) is 6.61 Å². The van der Waals surface area contributed by atoms with Crippen molar-refractivity contribution < 1.29 is 4.74 Å². The molecule has 0 amide bonds. The van der Waals surface area contributed by atoms with Crippen LogP contribution in [0, 0.1) is 5.92 Å². The number of benzene rings is 1. The standard InChI is InChI=1S/C18H28O/c1-3-5-6-7-16-10-13-18(19-14-16)17-11-8-15(4-2)9-12-17/h8-9,11-12,16,18H,3-7,10,13-14H2,1-2H3. The number of hydrogen-bond donors (Lipinski definition) is 0. The van der Waals surface area contributed by atoms with Gasteiger partial charge in [-0.15, -0.1) is 0 Å². The average molecular weight is 260 g/mol. The number of rotatable bonds is 6. The van der Waals surface area contributed by atoms with Crippen molar-refractivity contribution in [2.75, 3.05) is 6.61 Å². The van der Waals surface area contributed by atoms with Gasteiger partial charge in [0.2, 0.25) is 0 Å². The van der Waals surface area contributed by atoms with Crippen molar-refractivity contribution in [2.45, 2.75) is 64.9 Å². The molecular weight excluding hydrogens is 232 g/mol. The topological polar surface area (TPSA) is 9.23 Å². The molecule has 1 aromatic rings. The first-order valence-electron chi connectivity index (χ1n) is 8.04. The molecule has 0 aromatic heterocycles. The van der Waals surface area contributed by atoms with Gasteiger partial charge in [-0.3, -0.25) is 0 Å². The summed E-state index contributed by atoms with van der Waals surface area (Å²) >= 11 is 0. The van der Waals surface area contributed by atoms with Crippen molar-refractivity contribution in [2.24, 2.45) is 5.92 Å². The zero-order valence-electron chi connectivity index (χ0n) is 12.5. The van der Waals surface area contributed by atoms with E-state index < -0.39 is 0 Å². The van der Waals surface area contributed by atoms with Crippen LogP contribution in [0.25, 0.3) is 0 Å².